The Morgan fingerprint density at radius 3 is 2.87 bits per heavy atom. The van der Waals surface area contributed by atoms with Gasteiger partial charge in [-0.15, -0.1) is 12.6 Å². The summed E-state index contributed by atoms with van der Waals surface area (Å²) >= 11 is 9.89. The molecule has 0 aliphatic heterocycles. The van der Waals surface area contributed by atoms with Crippen LogP contribution >= 0.6 is 24.2 Å². The number of benzene rings is 1. The second-order valence-electron chi connectivity index (χ2n) is 2.69. The van der Waals surface area contributed by atoms with Gasteiger partial charge in [0.15, 0.2) is 0 Å². The second-order valence-corrected chi connectivity index (χ2v) is 3.54. The summed E-state index contributed by atoms with van der Waals surface area (Å²) < 4.78 is 4.81. The Hall–Kier alpha value is -1.18. The largest absolute Gasteiger partial charge is 0.462 e. The lowest BCUT2D eigenvalue weighted by molar-refractivity contribution is 0.0522. The lowest BCUT2D eigenvalue weighted by Crippen LogP contribution is -2.06. The fourth-order valence-electron chi connectivity index (χ4n) is 1.03. The lowest BCUT2D eigenvalue weighted by atomic mass is 10.1. The molecule has 0 spiro atoms. The number of carbonyl (C=O) groups is 1. The van der Waals surface area contributed by atoms with Crippen molar-refractivity contribution in [1.29, 1.82) is 5.26 Å². The van der Waals surface area contributed by atoms with Crippen molar-refractivity contribution in [3.8, 4) is 6.07 Å². The van der Waals surface area contributed by atoms with E-state index < -0.39 is 5.97 Å². The fraction of sp³-hybridized carbons (Fsp3) is 0.200. The molecular formula is C10H8ClNO2S. The Kier molecular flexibility index (Phi) is 4.01. The van der Waals surface area contributed by atoms with Crippen molar-refractivity contribution < 1.29 is 9.53 Å². The van der Waals surface area contributed by atoms with Gasteiger partial charge in [-0.1, -0.05) is 11.6 Å². The van der Waals surface area contributed by atoms with E-state index in [0.29, 0.717) is 10.5 Å². The van der Waals surface area contributed by atoms with Crippen molar-refractivity contribution in [2.45, 2.75) is 11.8 Å². The van der Waals surface area contributed by atoms with Gasteiger partial charge in [0.2, 0.25) is 0 Å². The van der Waals surface area contributed by atoms with Gasteiger partial charge in [-0.25, -0.2) is 4.79 Å². The van der Waals surface area contributed by atoms with E-state index in [-0.39, 0.29) is 17.2 Å². The summed E-state index contributed by atoms with van der Waals surface area (Å²) in [6, 6.07) is 4.77. The number of thiol groups is 1. The van der Waals surface area contributed by atoms with E-state index in [2.05, 4.69) is 12.6 Å². The van der Waals surface area contributed by atoms with E-state index in [1.54, 1.807) is 6.92 Å². The van der Waals surface area contributed by atoms with Gasteiger partial charge in [0.05, 0.1) is 28.8 Å². The van der Waals surface area contributed by atoms with Gasteiger partial charge in [-0.05, 0) is 19.1 Å². The first-order valence-corrected chi connectivity index (χ1v) is 5.02. The van der Waals surface area contributed by atoms with Crippen LogP contribution in [0.25, 0.3) is 0 Å². The molecule has 0 N–H and O–H groups in total. The minimum Gasteiger partial charge on any atom is -0.462 e. The predicted octanol–water partition coefficient (Wildman–Crippen LogP) is 2.68. The molecule has 0 fully saturated rings. The Bertz CT molecular complexity index is 440. The minimum atomic E-state index is -0.526. The van der Waals surface area contributed by atoms with E-state index in [0.717, 1.165) is 0 Å². The van der Waals surface area contributed by atoms with E-state index in [9.17, 15) is 4.79 Å². The Balaban J connectivity index is 3.23. The lowest BCUT2D eigenvalue weighted by Gasteiger charge is -2.06. The molecule has 0 radical (unpaired) electrons. The number of nitriles is 1. The highest BCUT2D eigenvalue weighted by Gasteiger charge is 2.14. The van der Waals surface area contributed by atoms with Crippen LogP contribution in [0.4, 0.5) is 0 Å². The highest BCUT2D eigenvalue weighted by molar-refractivity contribution is 7.80. The molecule has 0 saturated heterocycles. The number of hydrogen-bond acceptors (Lipinski definition) is 4. The zero-order chi connectivity index (χ0) is 11.4. The van der Waals surface area contributed by atoms with Crippen LogP contribution in [0.15, 0.2) is 17.0 Å². The van der Waals surface area contributed by atoms with Crippen molar-refractivity contribution in [3.63, 3.8) is 0 Å². The summed E-state index contributed by atoms with van der Waals surface area (Å²) in [5.41, 5.74) is 0.519. The molecule has 1 rings (SSSR count). The number of hydrogen-bond donors (Lipinski definition) is 1. The first-order valence-electron chi connectivity index (χ1n) is 4.19. The quantitative estimate of drug-likeness (QED) is 0.640. The third kappa shape index (κ3) is 2.65. The Morgan fingerprint density at radius 1 is 1.67 bits per heavy atom. The standard InChI is InChI=1S/C10H8ClNO2S/c1-2-14-10(13)7-3-6(5-12)4-8(11)9(7)15/h3-4,15H,2H2,1H3. The van der Waals surface area contributed by atoms with Crippen molar-refractivity contribution >= 4 is 30.2 Å². The van der Waals surface area contributed by atoms with Crippen molar-refractivity contribution in [2.75, 3.05) is 6.61 Å². The van der Waals surface area contributed by atoms with Crippen molar-refractivity contribution in [2.24, 2.45) is 0 Å². The van der Waals surface area contributed by atoms with Crippen LogP contribution in [0.5, 0.6) is 0 Å². The maximum Gasteiger partial charge on any atom is 0.339 e. The van der Waals surface area contributed by atoms with Gasteiger partial charge in [0.1, 0.15) is 0 Å². The molecule has 0 aliphatic carbocycles. The summed E-state index contributed by atoms with van der Waals surface area (Å²) in [4.78, 5) is 11.8. The summed E-state index contributed by atoms with van der Waals surface area (Å²) in [5, 5.41) is 8.97. The molecule has 0 unspecified atom stereocenters. The zero-order valence-electron chi connectivity index (χ0n) is 7.95. The summed E-state index contributed by atoms with van der Waals surface area (Å²) in [6.45, 7) is 1.96. The van der Waals surface area contributed by atoms with Crippen molar-refractivity contribution in [1.82, 2.24) is 0 Å². The topological polar surface area (TPSA) is 50.1 Å². The summed E-state index contributed by atoms with van der Waals surface area (Å²) in [6.07, 6.45) is 0. The molecular weight excluding hydrogens is 234 g/mol. The SMILES string of the molecule is CCOC(=O)c1cc(C#N)cc(Cl)c1S. The second kappa shape index (κ2) is 5.06. The molecule has 1 aromatic carbocycles. The van der Waals surface area contributed by atoms with Crippen LogP contribution in [0.3, 0.4) is 0 Å². The van der Waals surface area contributed by atoms with Crippen LogP contribution < -0.4 is 0 Å². The summed E-state index contributed by atoms with van der Waals surface area (Å²) in [5.74, 6) is -0.526. The molecule has 15 heavy (non-hydrogen) atoms. The van der Waals surface area contributed by atoms with Gasteiger partial charge in [0.25, 0.3) is 0 Å². The third-order valence-corrected chi connectivity index (χ3v) is 2.60. The van der Waals surface area contributed by atoms with Gasteiger partial charge in [0, 0.05) is 4.90 Å². The molecule has 0 aliphatic rings. The minimum absolute atomic E-state index is 0.212. The maximum atomic E-state index is 11.4. The highest BCUT2D eigenvalue weighted by Crippen LogP contribution is 2.26. The van der Waals surface area contributed by atoms with Crippen LogP contribution in [0, 0.1) is 11.3 Å². The van der Waals surface area contributed by atoms with Crippen molar-refractivity contribution in [3.05, 3.63) is 28.3 Å². The molecule has 0 heterocycles. The summed E-state index contributed by atoms with van der Waals surface area (Å²) in [7, 11) is 0. The Labute approximate surface area is 98.0 Å². The molecule has 3 nitrogen and oxygen atoms in total. The van der Waals surface area contributed by atoms with Gasteiger partial charge < -0.3 is 4.74 Å². The third-order valence-electron chi connectivity index (χ3n) is 1.69. The first kappa shape index (κ1) is 11.9. The average Bonchev–Trinajstić information content (AvgIpc) is 2.22. The zero-order valence-corrected chi connectivity index (χ0v) is 9.60. The van der Waals surface area contributed by atoms with Crippen LogP contribution in [-0.4, -0.2) is 12.6 Å². The molecule has 1 aromatic rings. The molecule has 0 amide bonds. The normalized spacial score (nSPS) is 9.47. The van der Waals surface area contributed by atoms with Gasteiger partial charge in [-0.3, -0.25) is 0 Å². The van der Waals surface area contributed by atoms with Crippen LogP contribution in [0.1, 0.15) is 22.8 Å². The molecule has 78 valence electrons. The number of nitrogens with zero attached hydrogens (tertiary/aromatic N) is 1. The van der Waals surface area contributed by atoms with E-state index in [1.807, 2.05) is 6.07 Å². The molecule has 0 atom stereocenters. The maximum absolute atomic E-state index is 11.4. The van der Waals surface area contributed by atoms with E-state index in [1.165, 1.54) is 12.1 Å². The monoisotopic (exact) mass is 241 g/mol. The highest BCUT2D eigenvalue weighted by atomic mass is 35.5. The van der Waals surface area contributed by atoms with Crippen LogP contribution in [-0.2, 0) is 4.74 Å². The smallest absolute Gasteiger partial charge is 0.339 e. The fourth-order valence-corrected chi connectivity index (χ4v) is 1.47. The van der Waals surface area contributed by atoms with Crippen LogP contribution in [0.2, 0.25) is 5.02 Å². The van der Waals surface area contributed by atoms with Gasteiger partial charge in [-0.2, -0.15) is 5.26 Å². The average molecular weight is 242 g/mol. The number of rotatable bonds is 2. The van der Waals surface area contributed by atoms with E-state index >= 15 is 0 Å². The molecule has 0 bridgehead atoms. The number of halogens is 1. The predicted molar refractivity (Wildman–Crippen MR) is 59.4 cm³/mol. The molecule has 5 heteroatoms. The molecule has 0 saturated carbocycles. The first-order chi connectivity index (χ1) is 7.10. The van der Waals surface area contributed by atoms with Gasteiger partial charge >= 0.3 is 5.97 Å². The molecule has 0 aromatic heterocycles. The number of esters is 1. The number of ether oxygens (including phenoxy) is 1. The Morgan fingerprint density at radius 2 is 2.33 bits per heavy atom. The van der Waals surface area contributed by atoms with E-state index in [4.69, 9.17) is 21.6 Å². The number of carbonyl (C=O) groups excluding carboxylic acids is 1.